The van der Waals surface area contributed by atoms with Crippen LogP contribution >= 0.6 is 0 Å². The van der Waals surface area contributed by atoms with Gasteiger partial charge in [0, 0.05) is 6.54 Å². The summed E-state index contributed by atoms with van der Waals surface area (Å²) >= 11 is 0. The monoisotopic (exact) mass is 185 g/mol. The lowest BCUT2D eigenvalue weighted by molar-refractivity contribution is -0.154. The normalized spacial score (nSPS) is 20.2. The van der Waals surface area contributed by atoms with Crippen LogP contribution in [0.1, 0.15) is 32.6 Å². The van der Waals surface area contributed by atoms with Gasteiger partial charge in [-0.25, -0.2) is 0 Å². The second kappa shape index (κ2) is 4.61. The van der Waals surface area contributed by atoms with E-state index in [2.05, 4.69) is 5.32 Å². The zero-order chi connectivity index (χ0) is 9.73. The molecule has 0 bridgehead atoms. The van der Waals surface area contributed by atoms with Gasteiger partial charge < -0.3 is 10.1 Å². The van der Waals surface area contributed by atoms with Gasteiger partial charge >= 0.3 is 5.97 Å². The molecule has 0 heterocycles. The lowest BCUT2D eigenvalue weighted by atomic mass is 9.86. The summed E-state index contributed by atoms with van der Waals surface area (Å²) in [6.45, 7) is 3.11. The van der Waals surface area contributed by atoms with Crippen LogP contribution in [-0.4, -0.2) is 26.2 Å². The maximum atomic E-state index is 11.7. The van der Waals surface area contributed by atoms with E-state index in [1.807, 2.05) is 14.0 Å². The number of nitrogens with one attached hydrogen (secondary N) is 1. The van der Waals surface area contributed by atoms with Crippen molar-refractivity contribution in [1.82, 2.24) is 5.32 Å². The summed E-state index contributed by atoms with van der Waals surface area (Å²) in [5.74, 6) is -0.0122. The molecule has 0 aliphatic heterocycles. The van der Waals surface area contributed by atoms with Crippen molar-refractivity contribution in [2.75, 3.05) is 20.2 Å². The smallest absolute Gasteiger partial charge is 0.313 e. The Morgan fingerprint density at radius 1 is 1.46 bits per heavy atom. The molecule has 0 saturated heterocycles. The molecule has 1 aliphatic carbocycles. The topological polar surface area (TPSA) is 38.3 Å². The number of hydrogen-bond acceptors (Lipinski definition) is 3. The van der Waals surface area contributed by atoms with Crippen molar-refractivity contribution < 1.29 is 9.53 Å². The highest BCUT2D eigenvalue weighted by atomic mass is 16.5. The van der Waals surface area contributed by atoms with Crippen molar-refractivity contribution in [2.45, 2.75) is 32.6 Å². The molecular formula is C10H19NO2. The zero-order valence-corrected chi connectivity index (χ0v) is 8.56. The maximum absolute atomic E-state index is 11.7. The Labute approximate surface area is 79.8 Å². The highest BCUT2D eigenvalue weighted by molar-refractivity contribution is 5.77. The Kier molecular flexibility index (Phi) is 3.72. The van der Waals surface area contributed by atoms with Crippen molar-refractivity contribution in [3.05, 3.63) is 0 Å². The number of carbonyl (C=O) groups excluding carboxylic acids is 1. The predicted molar refractivity (Wildman–Crippen MR) is 51.5 cm³/mol. The van der Waals surface area contributed by atoms with E-state index in [1.165, 1.54) is 0 Å². The van der Waals surface area contributed by atoms with Crippen molar-refractivity contribution >= 4 is 5.97 Å². The molecule has 0 spiro atoms. The average molecular weight is 185 g/mol. The van der Waals surface area contributed by atoms with Crippen LogP contribution in [-0.2, 0) is 9.53 Å². The summed E-state index contributed by atoms with van der Waals surface area (Å²) in [6.07, 6.45) is 4.26. The van der Waals surface area contributed by atoms with Crippen molar-refractivity contribution in [3.63, 3.8) is 0 Å². The summed E-state index contributed by atoms with van der Waals surface area (Å²) in [4.78, 5) is 11.7. The molecule has 1 aliphatic rings. The van der Waals surface area contributed by atoms with E-state index >= 15 is 0 Å². The fraction of sp³-hybridized carbons (Fsp3) is 0.900. The van der Waals surface area contributed by atoms with Gasteiger partial charge in [-0.3, -0.25) is 4.79 Å². The van der Waals surface area contributed by atoms with Crippen LogP contribution in [0.25, 0.3) is 0 Å². The Morgan fingerprint density at radius 2 is 2.08 bits per heavy atom. The van der Waals surface area contributed by atoms with Crippen LogP contribution < -0.4 is 5.32 Å². The van der Waals surface area contributed by atoms with E-state index in [-0.39, 0.29) is 11.4 Å². The third-order valence-corrected chi connectivity index (χ3v) is 2.78. The van der Waals surface area contributed by atoms with E-state index in [9.17, 15) is 4.79 Å². The number of hydrogen-bond donors (Lipinski definition) is 1. The van der Waals surface area contributed by atoms with Gasteiger partial charge in [-0.1, -0.05) is 12.8 Å². The van der Waals surface area contributed by atoms with Crippen LogP contribution in [0.3, 0.4) is 0 Å². The Balaban J connectivity index is 2.60. The predicted octanol–water partition coefficient (Wildman–Crippen LogP) is 1.33. The minimum atomic E-state index is -0.217. The van der Waals surface area contributed by atoms with E-state index in [0.717, 1.165) is 32.2 Å². The van der Waals surface area contributed by atoms with Crippen LogP contribution in [0.4, 0.5) is 0 Å². The van der Waals surface area contributed by atoms with Gasteiger partial charge in [0.05, 0.1) is 12.0 Å². The van der Waals surface area contributed by atoms with Crippen LogP contribution in [0.5, 0.6) is 0 Å². The quantitative estimate of drug-likeness (QED) is 0.671. The summed E-state index contributed by atoms with van der Waals surface area (Å²) in [7, 11) is 1.89. The molecule has 1 fully saturated rings. The molecule has 0 aromatic rings. The van der Waals surface area contributed by atoms with E-state index in [1.54, 1.807) is 0 Å². The standard InChI is InChI=1S/C10H19NO2/c1-3-13-9(12)10(8-11-2)6-4-5-7-10/h11H,3-8H2,1-2H3. The number of rotatable bonds is 4. The molecule has 0 unspecified atom stereocenters. The van der Waals surface area contributed by atoms with Crippen molar-refractivity contribution in [3.8, 4) is 0 Å². The molecule has 1 saturated carbocycles. The van der Waals surface area contributed by atoms with Gasteiger partial charge in [-0.15, -0.1) is 0 Å². The minimum absolute atomic E-state index is 0.0122. The first kappa shape index (κ1) is 10.5. The molecule has 0 aromatic carbocycles. The lowest BCUT2D eigenvalue weighted by Crippen LogP contribution is -2.38. The van der Waals surface area contributed by atoms with Crippen molar-refractivity contribution in [2.24, 2.45) is 5.41 Å². The second-order valence-electron chi connectivity index (χ2n) is 3.74. The van der Waals surface area contributed by atoms with Gasteiger partial charge in [0.25, 0.3) is 0 Å². The van der Waals surface area contributed by atoms with Gasteiger partial charge in [-0.05, 0) is 26.8 Å². The van der Waals surface area contributed by atoms with Gasteiger partial charge in [0.1, 0.15) is 0 Å². The second-order valence-corrected chi connectivity index (χ2v) is 3.74. The molecular weight excluding hydrogens is 166 g/mol. The number of carbonyl (C=O) groups is 1. The van der Waals surface area contributed by atoms with E-state index in [4.69, 9.17) is 4.74 Å². The molecule has 13 heavy (non-hydrogen) atoms. The minimum Gasteiger partial charge on any atom is -0.466 e. The summed E-state index contributed by atoms with van der Waals surface area (Å²) < 4.78 is 5.10. The highest BCUT2D eigenvalue weighted by Crippen LogP contribution is 2.38. The zero-order valence-electron chi connectivity index (χ0n) is 8.56. The SMILES string of the molecule is CCOC(=O)C1(CNC)CCCC1. The van der Waals surface area contributed by atoms with Crippen LogP contribution in [0, 0.1) is 5.41 Å². The summed E-state index contributed by atoms with van der Waals surface area (Å²) in [5.41, 5.74) is -0.217. The molecule has 3 nitrogen and oxygen atoms in total. The van der Waals surface area contributed by atoms with E-state index < -0.39 is 0 Å². The van der Waals surface area contributed by atoms with Gasteiger partial charge in [0.2, 0.25) is 0 Å². The molecule has 3 heteroatoms. The largest absolute Gasteiger partial charge is 0.466 e. The Bertz CT molecular complexity index is 174. The lowest BCUT2D eigenvalue weighted by Gasteiger charge is -2.25. The molecule has 0 amide bonds. The molecule has 0 aromatic heterocycles. The van der Waals surface area contributed by atoms with Crippen molar-refractivity contribution in [1.29, 1.82) is 0 Å². The third-order valence-electron chi connectivity index (χ3n) is 2.78. The van der Waals surface area contributed by atoms with Gasteiger partial charge in [0.15, 0.2) is 0 Å². The average Bonchev–Trinajstić information content (AvgIpc) is 2.55. The summed E-state index contributed by atoms with van der Waals surface area (Å²) in [6, 6.07) is 0. The first-order chi connectivity index (χ1) is 6.25. The van der Waals surface area contributed by atoms with Gasteiger partial charge in [-0.2, -0.15) is 0 Å². The molecule has 1 N–H and O–H groups in total. The Morgan fingerprint density at radius 3 is 2.54 bits per heavy atom. The van der Waals surface area contributed by atoms with E-state index in [0.29, 0.717) is 6.61 Å². The summed E-state index contributed by atoms with van der Waals surface area (Å²) in [5, 5.41) is 3.09. The third kappa shape index (κ3) is 2.21. The number of esters is 1. The first-order valence-corrected chi connectivity index (χ1v) is 5.07. The highest BCUT2D eigenvalue weighted by Gasteiger charge is 2.41. The van der Waals surface area contributed by atoms with Crippen LogP contribution in [0.2, 0.25) is 0 Å². The fourth-order valence-electron chi connectivity index (χ4n) is 2.13. The van der Waals surface area contributed by atoms with Crippen LogP contribution in [0.15, 0.2) is 0 Å². The fourth-order valence-corrected chi connectivity index (χ4v) is 2.13. The molecule has 1 rings (SSSR count). The first-order valence-electron chi connectivity index (χ1n) is 5.07. The number of ether oxygens (including phenoxy) is 1. The molecule has 0 atom stereocenters. The molecule has 0 radical (unpaired) electrons. The molecule has 76 valence electrons. The Hall–Kier alpha value is -0.570. The maximum Gasteiger partial charge on any atom is 0.313 e.